The summed E-state index contributed by atoms with van der Waals surface area (Å²) in [4.78, 5) is 3.10. The van der Waals surface area contributed by atoms with Gasteiger partial charge in [-0.2, -0.15) is 22.8 Å². The van der Waals surface area contributed by atoms with E-state index in [0.29, 0.717) is 85.8 Å². The number of hydrogen-bond donors (Lipinski definition) is 3. The Kier molecular flexibility index (Phi) is 25.6. The minimum absolute atomic E-state index is 0.0364. The molecule has 0 spiro atoms. The number of benzene rings is 3. The molecular weight excluding hydrogens is 1400 g/mol. The van der Waals surface area contributed by atoms with E-state index in [1.165, 1.54) is 86.3 Å². The van der Waals surface area contributed by atoms with Crippen molar-refractivity contribution < 1.29 is 54.8 Å². The van der Waals surface area contributed by atoms with Gasteiger partial charge in [-0.05, 0) is 273 Å². The molecule has 6 aliphatic carbocycles. The molecule has 0 amide bonds. The van der Waals surface area contributed by atoms with Gasteiger partial charge in [0.1, 0.15) is 16.8 Å². The normalized spacial score (nSPS) is 27.0. The Morgan fingerprint density at radius 3 is 1.10 bits per heavy atom. The van der Waals surface area contributed by atoms with Crippen LogP contribution in [-0.2, 0) is 25.8 Å². The molecule has 6 fully saturated rings. The zero-order chi connectivity index (χ0) is 78.8. The fourth-order valence-corrected chi connectivity index (χ4v) is 19.7. The number of rotatable bonds is 24. The minimum Gasteiger partial charge on any atom is -0.384 e. The van der Waals surface area contributed by atoms with Crippen molar-refractivity contribution in [1.82, 2.24) is 60.6 Å². The van der Waals surface area contributed by atoms with E-state index in [4.69, 9.17) is 0 Å². The van der Waals surface area contributed by atoms with Crippen LogP contribution in [0.1, 0.15) is 235 Å². The number of aromatic nitrogens is 12. The Labute approximate surface area is 632 Å². The Balaban J connectivity index is 0.000000173. The van der Waals surface area contributed by atoms with Crippen molar-refractivity contribution in [2.75, 3.05) is 0 Å². The van der Waals surface area contributed by atoms with Crippen molar-refractivity contribution >= 4 is 0 Å². The van der Waals surface area contributed by atoms with Gasteiger partial charge in [0.2, 0.25) is 11.6 Å². The summed E-state index contributed by atoms with van der Waals surface area (Å²) in [5.74, 6) is -4.55. The van der Waals surface area contributed by atoms with Crippen molar-refractivity contribution in [3.05, 3.63) is 124 Å². The van der Waals surface area contributed by atoms with E-state index in [-0.39, 0.29) is 59.1 Å². The predicted octanol–water partition coefficient (Wildman–Crippen LogP) is 20.6. The van der Waals surface area contributed by atoms with Gasteiger partial charge in [0.25, 0.3) is 17.8 Å². The van der Waals surface area contributed by atoms with Gasteiger partial charge in [0.05, 0.1) is 25.2 Å². The second kappa shape index (κ2) is 33.0. The number of fused-ring (bicyclic) bond motifs is 3. The Hall–Kier alpha value is -6.66. The molecule has 6 saturated carbocycles. The molecule has 0 bridgehead atoms. The molecule has 0 radical (unpaired) electrons. The summed E-state index contributed by atoms with van der Waals surface area (Å²) in [6.45, 7) is 26.3. The number of aliphatic hydroxyl groups is 3. The van der Waals surface area contributed by atoms with Crippen LogP contribution in [0.5, 0.6) is 0 Å². The summed E-state index contributed by atoms with van der Waals surface area (Å²) >= 11 is 0. The number of tetrazole rings is 3. The Morgan fingerprint density at radius 2 is 0.769 bits per heavy atom. The highest BCUT2D eigenvalue weighted by molar-refractivity contribution is 5.56. The van der Waals surface area contributed by atoms with Crippen molar-refractivity contribution in [2.45, 2.75) is 292 Å². The van der Waals surface area contributed by atoms with Crippen molar-refractivity contribution in [3.63, 3.8) is 0 Å². The highest BCUT2D eigenvalue weighted by Crippen LogP contribution is 2.63. The van der Waals surface area contributed by atoms with Crippen LogP contribution in [0.4, 0.5) is 39.5 Å². The van der Waals surface area contributed by atoms with Gasteiger partial charge >= 0.3 is 6.18 Å². The zero-order valence-electron chi connectivity index (χ0n) is 65.9. The number of allylic oxidation sites excluding steroid dienone is 6. The maximum Gasteiger partial charge on any atom is 0.416 e. The smallest absolute Gasteiger partial charge is 0.384 e. The first-order valence-electron chi connectivity index (χ1n) is 39.5. The van der Waals surface area contributed by atoms with Gasteiger partial charge in [0.15, 0.2) is 5.82 Å². The van der Waals surface area contributed by atoms with Crippen LogP contribution >= 0.6 is 0 Å². The molecule has 24 heteroatoms. The summed E-state index contributed by atoms with van der Waals surface area (Å²) in [5.41, 5.74) is 2.68. The molecule has 12 rings (SSSR count). The third-order valence-corrected chi connectivity index (χ3v) is 26.7. The molecule has 3 heterocycles. The summed E-state index contributed by atoms with van der Waals surface area (Å²) in [6.07, 6.45) is 18.9. The number of alkyl halides is 9. The molecule has 0 saturated heterocycles. The van der Waals surface area contributed by atoms with E-state index >= 15 is 0 Å². The molecule has 15 nitrogen and oxygen atoms in total. The van der Waals surface area contributed by atoms with E-state index in [1.807, 2.05) is 41.1 Å². The molecule has 6 aliphatic rings. The lowest BCUT2D eigenvalue weighted by Gasteiger charge is -2.44. The monoisotopic (exact) mass is 1510 g/mol. The van der Waals surface area contributed by atoms with Gasteiger partial charge < -0.3 is 15.3 Å². The van der Waals surface area contributed by atoms with Gasteiger partial charge in [-0.25, -0.2) is 31.0 Å². The van der Waals surface area contributed by atoms with Crippen LogP contribution in [0, 0.1) is 83.4 Å². The highest BCUT2D eigenvalue weighted by Gasteiger charge is 2.56. The second-order valence-corrected chi connectivity index (χ2v) is 35.3. The van der Waals surface area contributed by atoms with Crippen LogP contribution in [0.15, 0.2) is 108 Å². The third-order valence-electron chi connectivity index (χ3n) is 26.7. The third kappa shape index (κ3) is 18.9. The largest absolute Gasteiger partial charge is 0.416 e. The lowest BCUT2D eigenvalue weighted by molar-refractivity contribution is -0.168. The van der Waals surface area contributed by atoms with Gasteiger partial charge in [-0.1, -0.05) is 148 Å². The average Bonchev–Trinajstić information content (AvgIpc) is 1.60. The van der Waals surface area contributed by atoms with Crippen LogP contribution in [0.3, 0.4) is 0 Å². The van der Waals surface area contributed by atoms with E-state index in [0.717, 1.165) is 125 Å². The van der Waals surface area contributed by atoms with E-state index in [9.17, 15) is 54.8 Å². The van der Waals surface area contributed by atoms with Crippen LogP contribution in [0.25, 0.3) is 34.2 Å². The highest BCUT2D eigenvalue weighted by atomic mass is 19.4. The quantitative estimate of drug-likeness (QED) is 0.0384. The minimum atomic E-state index is -4.40. The van der Waals surface area contributed by atoms with Crippen LogP contribution < -0.4 is 0 Å². The molecule has 0 unspecified atom stereocenters. The molecule has 6 aromatic rings. The Morgan fingerprint density at radius 1 is 0.444 bits per heavy atom. The number of hydrogen-bond acceptors (Lipinski definition) is 12. The first kappa shape index (κ1) is 83.8. The number of halogens is 9. The zero-order valence-corrected chi connectivity index (χ0v) is 65.9. The fraction of sp³-hybridized carbons (Fsp3) is 0.679. The van der Waals surface area contributed by atoms with Gasteiger partial charge in [-0.15, -0.1) is 25.5 Å². The maximum atomic E-state index is 14.4. The van der Waals surface area contributed by atoms with Gasteiger partial charge in [0, 0.05) is 36.0 Å². The molecule has 3 aromatic heterocycles. The van der Waals surface area contributed by atoms with Crippen molar-refractivity contribution in [2.24, 2.45) is 69.5 Å². The first-order valence-corrected chi connectivity index (χ1v) is 39.5. The summed E-state index contributed by atoms with van der Waals surface area (Å²) < 4.78 is 127. The fourth-order valence-electron chi connectivity index (χ4n) is 19.7. The summed E-state index contributed by atoms with van der Waals surface area (Å²) in [7, 11) is 0. The molecule has 3 aromatic carbocycles. The van der Waals surface area contributed by atoms with E-state index in [1.54, 1.807) is 4.80 Å². The molecular formula is C84H117F9N12O3. The molecule has 3 N–H and O–H groups in total. The number of aryl methyl sites for hydroxylation is 2. The Bertz CT molecular complexity index is 4030. The average molecular weight is 1510 g/mol. The molecule has 594 valence electrons. The summed E-state index contributed by atoms with van der Waals surface area (Å²) in [5, 5.41) is 67.4. The SMILES string of the molecule is C[C@H](CCC(F)(F)C(C)(C)O)[C@H]1CC[C@H]2/C(=C/Cn3nnc(-c4ccc(C(F)(F)F)cc4)n3)CCC[C@]12C.Cc1ccc(-c2nnn(C/C=C3\CCC[C@]4(C)[C@@H]([C@H](C)CCC(F)(F)C(C)(C)O)CC[C@@H]34)n2)cc1.Cc1ccc(-c2nnnn2C/C=C2\CCC[C@]3(C)[C@@H]([C@H](C)CCC(F)(F)C(C)(C)O)CC[C@@H]23)cc1. The van der Waals surface area contributed by atoms with E-state index in [2.05, 4.69) is 132 Å². The van der Waals surface area contributed by atoms with Crippen LogP contribution in [-0.4, -0.2) is 111 Å². The molecule has 0 aliphatic heterocycles. The van der Waals surface area contributed by atoms with Crippen molar-refractivity contribution in [1.29, 1.82) is 0 Å². The van der Waals surface area contributed by atoms with Gasteiger partial charge in [-0.3, -0.25) is 0 Å². The van der Waals surface area contributed by atoms with E-state index < -0.39 is 46.3 Å². The predicted molar refractivity (Wildman–Crippen MR) is 402 cm³/mol. The first-order chi connectivity index (χ1) is 50.4. The lowest BCUT2D eigenvalue weighted by Crippen LogP contribution is -2.43. The lowest BCUT2D eigenvalue weighted by atomic mass is 9.60. The topological polar surface area (TPSA) is 191 Å². The maximum absolute atomic E-state index is 14.4. The standard InChI is InChI=1S/C28H37F5N4O.2C28H40F2N4O/c1-18(13-16-27(29,30)25(2,3)38)22-11-12-23-19(6-5-15-26(22,23)4)14-17-37-35-24(34-36-37)20-7-9-21(10-8-20)28(31,32)33;1-19-8-10-22(11-9-19)25-31-32-33-34(25)18-15-21-7-6-16-27(5)23(12-13-24(21)27)20(2)14-17-28(29,30)26(3,4)35;1-19-8-10-22(11-9-19)25-31-33-34(32-25)18-15-21-7-6-16-27(5)23(12-13-24(21)27)20(2)14-17-28(29,30)26(3,4)35/h7-10,14,18,22-23,38H,5-6,11-13,15-17H2,1-4H3;2*8-11,15,20,23-24,35H,6-7,12-14,16-18H2,1-5H3/b19-14+;2*21-15+/t18-,22-,23+,26-;2*20-,23-,24+,27-/m111/s1. The van der Waals surface area contributed by atoms with Crippen LogP contribution in [0.2, 0.25) is 0 Å². The second-order valence-electron chi connectivity index (χ2n) is 35.3. The number of nitrogens with zero attached hydrogens (tertiary/aromatic N) is 12. The summed E-state index contributed by atoms with van der Waals surface area (Å²) in [6, 6.07) is 21.0. The molecule has 12 atom stereocenters. The molecule has 108 heavy (non-hydrogen) atoms. The van der Waals surface area contributed by atoms with Crippen molar-refractivity contribution in [3.8, 4) is 34.2 Å².